The van der Waals surface area contributed by atoms with Crippen LogP contribution in [0.1, 0.15) is 23.7 Å². The van der Waals surface area contributed by atoms with Crippen molar-refractivity contribution in [2.75, 3.05) is 41.4 Å². The average Bonchev–Trinajstić information content (AvgIpc) is 3.08. The molecule has 0 unspecified atom stereocenters. The molecule has 1 N–H and O–H groups in total. The number of rotatable bonds is 8. The second-order valence-corrected chi connectivity index (χ2v) is 10.8. The number of hydrogen-bond acceptors (Lipinski definition) is 11. The van der Waals surface area contributed by atoms with Gasteiger partial charge in [0.1, 0.15) is 12.4 Å². The van der Waals surface area contributed by atoms with Crippen LogP contribution in [0.3, 0.4) is 0 Å². The lowest BCUT2D eigenvalue weighted by Crippen LogP contribution is -2.45. The normalized spacial score (nSPS) is 16.3. The lowest BCUT2D eigenvalue weighted by molar-refractivity contribution is 0.0984. The summed E-state index contributed by atoms with van der Waals surface area (Å²) in [5, 5.41) is 3.28. The van der Waals surface area contributed by atoms with Gasteiger partial charge in [-0.15, -0.1) is 0 Å². The van der Waals surface area contributed by atoms with Crippen molar-refractivity contribution in [3.63, 3.8) is 0 Å². The highest BCUT2D eigenvalue weighted by Crippen LogP contribution is 2.32. The lowest BCUT2D eigenvalue weighted by Gasteiger charge is -2.37. The number of benzene rings is 2. The zero-order valence-electron chi connectivity index (χ0n) is 24.5. The molecule has 1 atom stereocenters. The first-order valence-electron chi connectivity index (χ1n) is 14.8. The summed E-state index contributed by atoms with van der Waals surface area (Å²) < 4.78 is 11.6. The molecule has 2 aromatic carbocycles. The highest BCUT2D eigenvalue weighted by atomic mass is 16.5. The van der Waals surface area contributed by atoms with Crippen LogP contribution in [0.15, 0.2) is 85.3 Å². The average molecular weight is 588 g/mol. The predicted octanol–water partition coefficient (Wildman–Crippen LogP) is 4.83. The van der Waals surface area contributed by atoms with Crippen molar-refractivity contribution in [2.24, 2.45) is 0 Å². The Morgan fingerprint density at radius 1 is 0.886 bits per heavy atom. The first kappa shape index (κ1) is 27.7. The summed E-state index contributed by atoms with van der Waals surface area (Å²) in [6.45, 7) is 6.22. The molecule has 5 heterocycles. The molecule has 0 saturated carbocycles. The molecular weight excluding hydrogens is 554 g/mol. The van der Waals surface area contributed by atoms with E-state index in [1.54, 1.807) is 24.7 Å². The van der Waals surface area contributed by atoms with E-state index in [0.717, 1.165) is 47.8 Å². The smallest absolute Gasteiger partial charge is 0.230 e. The molecule has 44 heavy (non-hydrogen) atoms. The Balaban J connectivity index is 1.13. The van der Waals surface area contributed by atoms with E-state index in [1.807, 2.05) is 60.7 Å². The van der Waals surface area contributed by atoms with Gasteiger partial charge in [-0.3, -0.25) is 0 Å². The van der Waals surface area contributed by atoms with Crippen LogP contribution in [0.4, 0.5) is 23.4 Å². The minimum atomic E-state index is 0.227. The van der Waals surface area contributed by atoms with Crippen molar-refractivity contribution in [3.05, 3.63) is 102 Å². The van der Waals surface area contributed by atoms with Gasteiger partial charge in [0.15, 0.2) is 5.82 Å². The Labute approximate surface area is 256 Å². The van der Waals surface area contributed by atoms with Crippen LogP contribution in [-0.2, 0) is 24.3 Å². The van der Waals surface area contributed by atoms with E-state index in [9.17, 15) is 0 Å². The van der Waals surface area contributed by atoms with Crippen molar-refractivity contribution in [3.8, 4) is 17.3 Å². The van der Waals surface area contributed by atoms with Gasteiger partial charge in [0.25, 0.3) is 0 Å². The Hall–Kier alpha value is -5.16. The molecule has 2 aliphatic rings. The molecule has 0 amide bonds. The van der Waals surface area contributed by atoms with Gasteiger partial charge in [0.05, 0.1) is 31.5 Å². The van der Waals surface area contributed by atoms with E-state index in [2.05, 4.69) is 42.0 Å². The van der Waals surface area contributed by atoms with Gasteiger partial charge in [-0.25, -0.2) is 24.9 Å². The molecule has 5 aromatic rings. The van der Waals surface area contributed by atoms with E-state index in [0.29, 0.717) is 50.0 Å². The molecule has 3 aromatic heterocycles. The topological polar surface area (TPSA) is 114 Å². The second kappa shape index (κ2) is 12.6. The fourth-order valence-corrected chi connectivity index (χ4v) is 5.49. The van der Waals surface area contributed by atoms with Crippen molar-refractivity contribution in [1.29, 1.82) is 0 Å². The summed E-state index contributed by atoms with van der Waals surface area (Å²) in [4.78, 5) is 32.6. The summed E-state index contributed by atoms with van der Waals surface area (Å²) in [6.07, 6.45) is 6.06. The van der Waals surface area contributed by atoms with Gasteiger partial charge < -0.3 is 24.6 Å². The van der Waals surface area contributed by atoms with Crippen molar-refractivity contribution in [2.45, 2.75) is 32.5 Å². The summed E-state index contributed by atoms with van der Waals surface area (Å²) >= 11 is 0. The van der Waals surface area contributed by atoms with Crippen molar-refractivity contribution < 1.29 is 9.47 Å². The predicted molar refractivity (Wildman–Crippen MR) is 168 cm³/mol. The summed E-state index contributed by atoms with van der Waals surface area (Å²) in [5.41, 5.74) is 5.05. The molecule has 0 radical (unpaired) electrons. The van der Waals surface area contributed by atoms with Crippen LogP contribution in [0, 0.1) is 0 Å². The standard InChI is InChI=1S/C33H33N9O2/c1-23-21-43-19-18-42(23)31-27-13-17-41(33-35-14-5-15-36-33)20-28(27)38-30(40-31)25-8-10-26(11-9-25)37-32-34-16-12-29(39-32)44-22-24-6-3-2-4-7-24/h2-12,14-16,23H,13,17-22H2,1H3,(H,34,37,39)/t23-/m0/s1. The van der Waals surface area contributed by atoms with Gasteiger partial charge in [0, 0.05) is 54.6 Å². The molecule has 11 nitrogen and oxygen atoms in total. The van der Waals surface area contributed by atoms with Crippen LogP contribution >= 0.6 is 0 Å². The van der Waals surface area contributed by atoms with Gasteiger partial charge in [-0.05, 0) is 49.2 Å². The van der Waals surface area contributed by atoms with Gasteiger partial charge >= 0.3 is 0 Å². The lowest BCUT2D eigenvalue weighted by atomic mass is 10.0. The number of morpholine rings is 1. The number of aromatic nitrogens is 6. The monoisotopic (exact) mass is 587 g/mol. The van der Waals surface area contributed by atoms with E-state index < -0.39 is 0 Å². The fourth-order valence-electron chi connectivity index (χ4n) is 5.49. The van der Waals surface area contributed by atoms with Crippen LogP contribution in [0.2, 0.25) is 0 Å². The van der Waals surface area contributed by atoms with Gasteiger partial charge in [0.2, 0.25) is 17.8 Å². The van der Waals surface area contributed by atoms with Gasteiger partial charge in [-0.2, -0.15) is 4.98 Å². The molecule has 1 fully saturated rings. The van der Waals surface area contributed by atoms with Crippen molar-refractivity contribution >= 4 is 23.4 Å². The first-order chi connectivity index (χ1) is 21.7. The number of fused-ring (bicyclic) bond motifs is 1. The highest BCUT2D eigenvalue weighted by molar-refractivity contribution is 5.66. The molecular formula is C33H33N9O2. The zero-order valence-corrected chi connectivity index (χ0v) is 24.5. The SMILES string of the molecule is C[C@H]1COCCN1c1nc(-c2ccc(Nc3nccc(OCc4ccccc4)n3)cc2)nc2c1CCN(c1ncccn1)C2. The molecule has 0 bridgehead atoms. The largest absolute Gasteiger partial charge is 0.473 e. The maximum atomic E-state index is 5.87. The van der Waals surface area contributed by atoms with Crippen LogP contribution < -0.4 is 19.9 Å². The van der Waals surface area contributed by atoms with Crippen molar-refractivity contribution in [1.82, 2.24) is 29.9 Å². The van der Waals surface area contributed by atoms with Crippen LogP contribution in [0.25, 0.3) is 11.4 Å². The Bertz CT molecular complexity index is 1700. The Morgan fingerprint density at radius 2 is 1.73 bits per heavy atom. The molecule has 2 aliphatic heterocycles. The molecule has 1 saturated heterocycles. The van der Waals surface area contributed by atoms with Crippen LogP contribution in [0.5, 0.6) is 5.88 Å². The zero-order chi connectivity index (χ0) is 29.7. The number of nitrogens with zero attached hydrogens (tertiary/aromatic N) is 8. The second-order valence-electron chi connectivity index (χ2n) is 10.8. The minimum absolute atomic E-state index is 0.227. The third-order valence-electron chi connectivity index (χ3n) is 7.78. The molecule has 11 heteroatoms. The summed E-state index contributed by atoms with van der Waals surface area (Å²) in [6, 6.07) is 21.8. The van der Waals surface area contributed by atoms with E-state index in [4.69, 9.17) is 19.4 Å². The third kappa shape index (κ3) is 6.13. The van der Waals surface area contributed by atoms with Crippen LogP contribution in [-0.4, -0.2) is 62.2 Å². The molecule has 222 valence electrons. The number of hydrogen-bond donors (Lipinski definition) is 1. The quantitative estimate of drug-likeness (QED) is 0.269. The molecule has 7 rings (SSSR count). The Morgan fingerprint density at radius 3 is 2.55 bits per heavy atom. The third-order valence-corrected chi connectivity index (χ3v) is 7.78. The number of nitrogens with one attached hydrogen (secondary N) is 1. The summed E-state index contributed by atoms with van der Waals surface area (Å²) in [5.74, 6) is 3.36. The van der Waals surface area contributed by atoms with E-state index >= 15 is 0 Å². The number of ether oxygens (including phenoxy) is 2. The maximum Gasteiger partial charge on any atom is 0.230 e. The fraction of sp³-hybridized carbons (Fsp3) is 0.273. The molecule has 0 aliphatic carbocycles. The van der Waals surface area contributed by atoms with E-state index in [-0.39, 0.29) is 6.04 Å². The minimum Gasteiger partial charge on any atom is -0.473 e. The first-order valence-corrected chi connectivity index (χ1v) is 14.8. The van der Waals surface area contributed by atoms with Gasteiger partial charge in [-0.1, -0.05) is 30.3 Å². The van der Waals surface area contributed by atoms with E-state index in [1.165, 1.54) is 5.56 Å². The summed E-state index contributed by atoms with van der Waals surface area (Å²) in [7, 11) is 0. The highest BCUT2D eigenvalue weighted by Gasteiger charge is 2.29. The number of anilines is 4. The maximum absolute atomic E-state index is 5.87. The molecule has 0 spiro atoms. The Kier molecular flexibility index (Phi) is 7.92.